The number of hydrogen-bond acceptors (Lipinski definition) is 15. The molecule has 7 atom stereocenters. The highest BCUT2D eigenvalue weighted by Crippen LogP contribution is 2.45. The lowest BCUT2D eigenvalue weighted by molar-refractivity contribution is -0.161. The Morgan fingerprint density at radius 1 is 0.337 bits per heavy atom. The van der Waals surface area contributed by atoms with Crippen molar-refractivity contribution in [3.8, 4) is 0 Å². The predicted octanol–water partition coefficient (Wildman–Crippen LogP) is 17.4. The number of aliphatic hydroxyl groups excluding tert-OH is 1. The molecular formula is C64H124O17P2. The molecule has 0 fully saturated rings. The molecule has 0 aromatic rings. The van der Waals surface area contributed by atoms with Gasteiger partial charge in [-0.15, -0.1) is 0 Å². The molecule has 0 bridgehead atoms. The summed E-state index contributed by atoms with van der Waals surface area (Å²) in [6.07, 6.45) is 33.7. The number of rotatable bonds is 61. The van der Waals surface area contributed by atoms with Gasteiger partial charge < -0.3 is 33.8 Å². The van der Waals surface area contributed by atoms with Crippen LogP contribution in [0.5, 0.6) is 0 Å². The van der Waals surface area contributed by atoms with E-state index in [0.717, 1.165) is 115 Å². The van der Waals surface area contributed by atoms with Crippen molar-refractivity contribution in [2.75, 3.05) is 39.6 Å². The third-order valence-corrected chi connectivity index (χ3v) is 17.2. The SMILES string of the molecule is CCC(C)CCCCCCCCCCCCC(=O)O[C@H](COC(=O)CCCCCCCCCC(C)C)COP(=O)(O)OCC(O)COP(=O)(O)OC[C@@H](COC(=O)CCCCCCCCC(C)CC)OC(=O)CCCCCCCCC(C)C. The second kappa shape index (κ2) is 54.2. The number of aliphatic hydroxyl groups is 1. The van der Waals surface area contributed by atoms with Crippen LogP contribution in [0.1, 0.15) is 306 Å². The maximum absolute atomic E-state index is 13.0. The van der Waals surface area contributed by atoms with Crippen LogP contribution < -0.4 is 0 Å². The molecule has 0 aromatic carbocycles. The molecule has 0 aliphatic heterocycles. The van der Waals surface area contributed by atoms with Crippen LogP contribution >= 0.6 is 15.6 Å². The van der Waals surface area contributed by atoms with E-state index in [1.807, 2.05) is 0 Å². The molecule has 17 nitrogen and oxygen atoms in total. The van der Waals surface area contributed by atoms with Crippen LogP contribution in [0.15, 0.2) is 0 Å². The van der Waals surface area contributed by atoms with Gasteiger partial charge in [0.15, 0.2) is 12.2 Å². The molecule has 3 N–H and O–H groups in total. The molecule has 0 spiro atoms. The summed E-state index contributed by atoms with van der Waals surface area (Å²) in [5, 5.41) is 10.5. The zero-order chi connectivity index (χ0) is 61.8. The Labute approximate surface area is 505 Å². The van der Waals surface area contributed by atoms with Crippen molar-refractivity contribution >= 4 is 39.5 Å². The summed E-state index contributed by atoms with van der Waals surface area (Å²) in [5.74, 6) is 0.764. The van der Waals surface area contributed by atoms with Gasteiger partial charge in [0.05, 0.1) is 26.4 Å². The second-order valence-electron chi connectivity index (χ2n) is 24.6. The minimum atomic E-state index is -4.95. The van der Waals surface area contributed by atoms with E-state index in [4.69, 9.17) is 37.0 Å². The average molecular weight is 1230 g/mol. The fourth-order valence-corrected chi connectivity index (χ4v) is 10.9. The molecule has 0 aliphatic rings. The Bertz CT molecular complexity index is 1670. The van der Waals surface area contributed by atoms with Gasteiger partial charge in [-0.05, 0) is 49.4 Å². The topological polar surface area (TPSA) is 237 Å². The standard InChI is InChI=1S/C64H124O17P2/c1-9-56(7)42-34-26-17-13-11-12-14-18-30-38-46-63(68)80-59(50-74-61(66)44-36-28-19-15-16-24-32-40-54(3)4)52-78-82(70,71)76-48-58(65)49-77-83(72,73)79-53-60(81-64(69)47-39-31-22-20-25-33-41-55(5)6)51-75-62(67)45-37-29-23-21-27-35-43-57(8)10-2/h54-60,65H,9-53H2,1-8H3,(H,70,71)(H,72,73)/t56?,57?,58?,59-,60-/m1/s1. The predicted molar refractivity (Wildman–Crippen MR) is 331 cm³/mol. The highest BCUT2D eigenvalue weighted by atomic mass is 31.2. The first kappa shape index (κ1) is 81.1. The summed E-state index contributed by atoms with van der Waals surface area (Å²) < 4.78 is 68.0. The zero-order valence-electron chi connectivity index (χ0n) is 53.8. The molecule has 0 amide bonds. The van der Waals surface area contributed by atoms with Crippen molar-refractivity contribution in [2.45, 2.75) is 324 Å². The van der Waals surface area contributed by atoms with Crippen LogP contribution in [-0.2, 0) is 65.4 Å². The number of phosphoric ester groups is 2. The van der Waals surface area contributed by atoms with Crippen LogP contribution in [0.3, 0.4) is 0 Å². The van der Waals surface area contributed by atoms with Crippen molar-refractivity contribution in [2.24, 2.45) is 23.7 Å². The molecule has 83 heavy (non-hydrogen) atoms. The summed E-state index contributed by atoms with van der Waals surface area (Å²) in [4.78, 5) is 72.2. The van der Waals surface area contributed by atoms with Crippen molar-refractivity contribution in [1.82, 2.24) is 0 Å². The van der Waals surface area contributed by atoms with Gasteiger partial charge >= 0.3 is 39.5 Å². The molecule has 0 rings (SSSR count). The zero-order valence-corrected chi connectivity index (χ0v) is 55.6. The van der Waals surface area contributed by atoms with Gasteiger partial charge in [-0.3, -0.25) is 37.3 Å². The third-order valence-electron chi connectivity index (χ3n) is 15.3. The molecule has 0 aliphatic carbocycles. The fourth-order valence-electron chi connectivity index (χ4n) is 9.36. The minimum Gasteiger partial charge on any atom is -0.462 e. The highest BCUT2D eigenvalue weighted by Gasteiger charge is 2.30. The number of ether oxygens (including phenoxy) is 4. The molecule has 0 saturated carbocycles. The van der Waals surface area contributed by atoms with Crippen LogP contribution in [0.4, 0.5) is 0 Å². The lowest BCUT2D eigenvalue weighted by atomic mass is 9.99. The van der Waals surface area contributed by atoms with E-state index < -0.39 is 97.5 Å². The Balaban J connectivity index is 5.25. The maximum Gasteiger partial charge on any atom is 0.472 e. The van der Waals surface area contributed by atoms with Crippen LogP contribution in [-0.4, -0.2) is 96.7 Å². The average Bonchev–Trinajstić information content (AvgIpc) is 3.46. The molecule has 0 aromatic heterocycles. The summed E-state index contributed by atoms with van der Waals surface area (Å²) in [7, 11) is -9.89. The second-order valence-corrected chi connectivity index (χ2v) is 27.5. The smallest absolute Gasteiger partial charge is 0.462 e. The van der Waals surface area contributed by atoms with Crippen molar-refractivity contribution in [3.05, 3.63) is 0 Å². The van der Waals surface area contributed by atoms with Gasteiger partial charge in [0.2, 0.25) is 0 Å². The van der Waals surface area contributed by atoms with Gasteiger partial charge in [-0.1, -0.05) is 254 Å². The molecule has 0 saturated heterocycles. The van der Waals surface area contributed by atoms with E-state index in [9.17, 15) is 43.2 Å². The Morgan fingerprint density at radius 2 is 0.578 bits per heavy atom. The number of phosphoric acid groups is 2. The van der Waals surface area contributed by atoms with E-state index in [1.54, 1.807) is 0 Å². The number of carbonyl (C=O) groups is 4. The Morgan fingerprint density at radius 3 is 0.855 bits per heavy atom. The van der Waals surface area contributed by atoms with Gasteiger partial charge in [0.1, 0.15) is 19.3 Å². The summed E-state index contributed by atoms with van der Waals surface area (Å²) >= 11 is 0. The largest absolute Gasteiger partial charge is 0.472 e. The normalized spacial score (nSPS) is 15.1. The number of carbonyl (C=O) groups excluding carboxylic acids is 4. The molecule has 5 unspecified atom stereocenters. The summed E-state index contributed by atoms with van der Waals surface area (Å²) in [6.45, 7) is 13.9. The Hall–Kier alpha value is -1.94. The minimum absolute atomic E-state index is 0.100. The first-order valence-electron chi connectivity index (χ1n) is 33.3. The van der Waals surface area contributed by atoms with Gasteiger partial charge in [0, 0.05) is 25.7 Å². The first-order valence-corrected chi connectivity index (χ1v) is 36.3. The summed E-state index contributed by atoms with van der Waals surface area (Å²) in [6, 6.07) is 0. The number of unbranched alkanes of at least 4 members (excludes halogenated alkanes) is 25. The van der Waals surface area contributed by atoms with Crippen LogP contribution in [0.2, 0.25) is 0 Å². The van der Waals surface area contributed by atoms with Gasteiger partial charge in [-0.2, -0.15) is 0 Å². The van der Waals surface area contributed by atoms with Crippen molar-refractivity contribution in [1.29, 1.82) is 0 Å². The Kier molecular flexibility index (Phi) is 53.0. The lowest BCUT2D eigenvalue weighted by Gasteiger charge is -2.21. The quantitative estimate of drug-likeness (QED) is 0.0222. The first-order chi connectivity index (χ1) is 39.7. The van der Waals surface area contributed by atoms with E-state index in [0.29, 0.717) is 37.5 Å². The lowest BCUT2D eigenvalue weighted by Crippen LogP contribution is -2.30. The van der Waals surface area contributed by atoms with Gasteiger partial charge in [-0.25, -0.2) is 9.13 Å². The molecule has 0 radical (unpaired) electrons. The molecule has 0 heterocycles. The third kappa shape index (κ3) is 56.3. The van der Waals surface area contributed by atoms with Crippen LogP contribution in [0, 0.1) is 23.7 Å². The molecular weight excluding hydrogens is 1100 g/mol. The van der Waals surface area contributed by atoms with E-state index in [1.165, 1.54) is 96.3 Å². The van der Waals surface area contributed by atoms with Crippen LogP contribution in [0.25, 0.3) is 0 Å². The monoisotopic (exact) mass is 1230 g/mol. The summed E-state index contributed by atoms with van der Waals surface area (Å²) in [5.41, 5.74) is 0. The maximum atomic E-state index is 13.0. The highest BCUT2D eigenvalue weighted by molar-refractivity contribution is 7.47. The fraction of sp³-hybridized carbons (Fsp3) is 0.938. The van der Waals surface area contributed by atoms with E-state index in [2.05, 4.69) is 55.4 Å². The molecule has 492 valence electrons. The molecule has 19 heteroatoms. The van der Waals surface area contributed by atoms with Crippen molar-refractivity contribution < 1.29 is 80.2 Å². The van der Waals surface area contributed by atoms with Gasteiger partial charge in [0.25, 0.3) is 0 Å². The van der Waals surface area contributed by atoms with Crippen molar-refractivity contribution in [3.63, 3.8) is 0 Å². The number of esters is 4. The van der Waals surface area contributed by atoms with E-state index in [-0.39, 0.29) is 25.7 Å². The van der Waals surface area contributed by atoms with E-state index >= 15 is 0 Å². The number of hydrogen-bond donors (Lipinski definition) is 3.